The zero-order chi connectivity index (χ0) is 43.0. The van der Waals surface area contributed by atoms with Crippen LogP contribution in [0.15, 0.2) is 56.6 Å². The Morgan fingerprint density at radius 1 is 0.754 bits per heavy atom. The van der Waals surface area contributed by atoms with Crippen LogP contribution >= 0.6 is 46.1 Å². The summed E-state index contributed by atoms with van der Waals surface area (Å²) in [6.07, 6.45) is 10.1. The Morgan fingerprint density at radius 2 is 1.25 bits per heavy atom. The van der Waals surface area contributed by atoms with Crippen molar-refractivity contribution >= 4 is 84.8 Å². The molecule has 4 aromatic rings. The minimum absolute atomic E-state index is 0.0179. The summed E-state index contributed by atoms with van der Waals surface area (Å²) >= 11 is 5.73. The van der Waals surface area contributed by atoms with Gasteiger partial charge in [0, 0.05) is 70.0 Å². The van der Waals surface area contributed by atoms with Crippen LogP contribution in [0.2, 0.25) is 36.3 Å². The van der Waals surface area contributed by atoms with Crippen LogP contribution in [0.4, 0.5) is 0 Å². The molecular weight excluding hydrogens is 900 g/mol. The first kappa shape index (κ1) is 51.5. The number of thioether (sulfide) groups is 2. The molecule has 0 spiro atoms. The van der Waals surface area contributed by atoms with Gasteiger partial charge >= 0.3 is 0 Å². The molecule has 4 rings (SSSR count). The van der Waals surface area contributed by atoms with Crippen molar-refractivity contribution in [3.63, 3.8) is 0 Å². The standard InChI is InChI=1S/C21H35N3O2SSi.C11H13N3OS.C10H23IOSi/c1-8-9-14-27-20-22-15-17-10-11-18(25)24(19(17)23-20)16(2)12-13-26-28(6,7)21(3,4)5;1-2-3-6-16-11-12-7-8-4-5-9(15)13-10(8)14-11;1-9(11)7-8-12-13(5,6)10(2,3)4/h10-11,15-16H,8-9,12-14H2,1-7H3;4-5,7H,2-3,6H2,1H3,(H,12,13,14,15);9H,7-8H2,1-6H3. The molecule has 1 N–H and O–H groups in total. The molecule has 0 saturated heterocycles. The number of fused-ring (bicyclic) bond motifs is 2. The number of nitrogens with zero attached hydrogens (tertiary/aromatic N) is 5. The Morgan fingerprint density at radius 3 is 1.75 bits per heavy atom. The van der Waals surface area contributed by atoms with Crippen molar-refractivity contribution in [3.8, 4) is 0 Å². The second-order valence-electron chi connectivity index (χ2n) is 17.6. The fourth-order valence-corrected chi connectivity index (χ4v) is 8.82. The molecule has 4 heterocycles. The second kappa shape index (κ2) is 24.0. The van der Waals surface area contributed by atoms with Crippen molar-refractivity contribution in [2.24, 2.45) is 0 Å². The van der Waals surface area contributed by atoms with E-state index in [2.05, 4.69) is 138 Å². The Bertz CT molecular complexity index is 1930. The van der Waals surface area contributed by atoms with Gasteiger partial charge in [-0.05, 0) is 81.0 Å². The average molecular weight is 971 g/mol. The van der Waals surface area contributed by atoms with Crippen LogP contribution in [0.1, 0.15) is 114 Å². The first-order chi connectivity index (χ1) is 26.5. The molecule has 0 radical (unpaired) electrons. The van der Waals surface area contributed by atoms with Gasteiger partial charge in [-0.1, -0.05) is 121 Å². The van der Waals surface area contributed by atoms with Gasteiger partial charge in [-0.15, -0.1) is 0 Å². The van der Waals surface area contributed by atoms with Gasteiger partial charge in [0.05, 0.1) is 0 Å². The van der Waals surface area contributed by atoms with E-state index >= 15 is 0 Å². The zero-order valence-electron chi connectivity index (χ0n) is 37.3. The highest BCUT2D eigenvalue weighted by molar-refractivity contribution is 14.1. The van der Waals surface area contributed by atoms with E-state index in [1.807, 2.05) is 12.3 Å². The summed E-state index contributed by atoms with van der Waals surface area (Å²) in [5.41, 5.74) is 1.19. The van der Waals surface area contributed by atoms with Crippen LogP contribution in [0, 0.1) is 0 Å². The predicted molar refractivity (Wildman–Crippen MR) is 259 cm³/mol. The van der Waals surface area contributed by atoms with Gasteiger partial charge in [0.2, 0.25) is 5.56 Å². The van der Waals surface area contributed by atoms with Gasteiger partial charge in [-0.3, -0.25) is 14.2 Å². The van der Waals surface area contributed by atoms with E-state index in [0.29, 0.717) is 17.3 Å². The number of nitrogens with one attached hydrogen (secondary N) is 1. The summed E-state index contributed by atoms with van der Waals surface area (Å²) in [4.78, 5) is 44.2. The number of pyridine rings is 2. The quantitative estimate of drug-likeness (QED) is 0.0273. The number of hydrogen-bond donors (Lipinski definition) is 1. The van der Waals surface area contributed by atoms with Crippen molar-refractivity contribution in [2.45, 2.75) is 164 Å². The molecule has 2 unspecified atom stereocenters. The Balaban J connectivity index is 0.000000326. The van der Waals surface area contributed by atoms with E-state index in [0.717, 1.165) is 80.9 Å². The van der Waals surface area contributed by atoms with Crippen LogP contribution in [-0.2, 0) is 8.85 Å². The van der Waals surface area contributed by atoms with Gasteiger partial charge < -0.3 is 13.8 Å². The number of hydrogen-bond acceptors (Lipinski definition) is 10. The second-order valence-corrected chi connectivity index (χ2v) is 31.5. The van der Waals surface area contributed by atoms with Crippen LogP contribution in [-0.4, -0.2) is 74.8 Å². The molecule has 0 saturated carbocycles. The molecule has 57 heavy (non-hydrogen) atoms. The number of aromatic amines is 1. The van der Waals surface area contributed by atoms with E-state index < -0.39 is 16.6 Å². The number of aromatic nitrogens is 6. The maximum atomic E-state index is 12.6. The summed E-state index contributed by atoms with van der Waals surface area (Å²) in [6, 6.07) is 6.66. The number of unbranched alkanes of at least 4 members (excludes halogenated alkanes) is 2. The molecule has 4 aromatic heterocycles. The van der Waals surface area contributed by atoms with Gasteiger partial charge in [0.15, 0.2) is 26.9 Å². The lowest BCUT2D eigenvalue weighted by atomic mass is 10.2. The molecule has 0 bridgehead atoms. The first-order valence-electron chi connectivity index (χ1n) is 20.4. The topological polar surface area (TPSA) is 125 Å². The lowest BCUT2D eigenvalue weighted by molar-refractivity contribution is 0.260. The monoisotopic (exact) mass is 970 g/mol. The largest absolute Gasteiger partial charge is 0.417 e. The molecule has 10 nitrogen and oxygen atoms in total. The van der Waals surface area contributed by atoms with Crippen molar-refractivity contribution in [1.82, 2.24) is 29.5 Å². The zero-order valence-corrected chi connectivity index (χ0v) is 43.0. The smallest absolute Gasteiger partial charge is 0.252 e. The molecule has 15 heteroatoms. The molecule has 0 aliphatic heterocycles. The fourth-order valence-electron chi connectivity index (χ4n) is 4.65. The molecule has 2 atom stereocenters. The molecule has 0 aliphatic rings. The third-order valence-electron chi connectivity index (χ3n) is 10.6. The van der Waals surface area contributed by atoms with Crippen molar-refractivity contribution in [2.75, 3.05) is 24.7 Å². The predicted octanol–water partition coefficient (Wildman–Crippen LogP) is 12.1. The maximum Gasteiger partial charge on any atom is 0.252 e. The first-order valence-corrected chi connectivity index (χ1v) is 29.5. The number of halogens is 1. The van der Waals surface area contributed by atoms with Gasteiger partial charge in [-0.2, -0.15) is 0 Å². The summed E-state index contributed by atoms with van der Waals surface area (Å²) in [5, 5.41) is 3.76. The Labute approximate surface area is 367 Å². The SMILES string of the molecule is CC(I)CCO[Si](C)(C)C(C)(C)C.CCCCSc1ncc2ccc(=O)[nH]c2n1.CCCCSc1ncc2ccc(=O)n(C(C)CCO[Si](C)(C)C(C)(C)C)c2n1. The minimum atomic E-state index is -1.78. The molecule has 0 fully saturated rings. The van der Waals surface area contributed by atoms with Gasteiger partial charge in [-0.25, -0.2) is 19.9 Å². The van der Waals surface area contributed by atoms with Crippen LogP contribution in [0.5, 0.6) is 0 Å². The van der Waals surface area contributed by atoms with Gasteiger partial charge in [0.1, 0.15) is 11.3 Å². The van der Waals surface area contributed by atoms with E-state index in [9.17, 15) is 9.59 Å². The normalized spacial score (nSPS) is 13.5. The third kappa shape index (κ3) is 17.5. The summed E-state index contributed by atoms with van der Waals surface area (Å²) in [7, 11) is -3.26. The number of alkyl halides is 1. The third-order valence-corrected chi connectivity index (χ3v) is 22.2. The molecule has 0 aliphatic carbocycles. The van der Waals surface area contributed by atoms with Crippen molar-refractivity contribution < 1.29 is 8.85 Å². The molecule has 320 valence electrons. The molecule has 0 amide bonds. The van der Waals surface area contributed by atoms with Crippen LogP contribution < -0.4 is 11.1 Å². The highest BCUT2D eigenvalue weighted by Gasteiger charge is 2.37. The average Bonchev–Trinajstić information content (AvgIpc) is 3.11. The van der Waals surface area contributed by atoms with Crippen LogP contribution in [0.25, 0.3) is 22.1 Å². The van der Waals surface area contributed by atoms with Gasteiger partial charge in [0.25, 0.3) is 5.56 Å². The lowest BCUT2D eigenvalue weighted by Gasteiger charge is -2.36. The summed E-state index contributed by atoms with van der Waals surface area (Å²) < 4.78 is 14.9. The summed E-state index contributed by atoms with van der Waals surface area (Å²) in [5.74, 6) is 2.01. The molecular formula is C42H71IN6O4S2Si2. The van der Waals surface area contributed by atoms with E-state index in [4.69, 9.17) is 13.8 Å². The van der Waals surface area contributed by atoms with E-state index in [1.165, 1.54) is 12.5 Å². The number of H-pyrrole nitrogens is 1. The van der Waals surface area contributed by atoms with Crippen LogP contribution in [0.3, 0.4) is 0 Å². The minimum Gasteiger partial charge on any atom is -0.417 e. The van der Waals surface area contributed by atoms with Crippen molar-refractivity contribution in [1.29, 1.82) is 0 Å². The Kier molecular flexibility index (Phi) is 21.7. The van der Waals surface area contributed by atoms with E-state index in [1.54, 1.807) is 46.4 Å². The highest BCUT2D eigenvalue weighted by Crippen LogP contribution is 2.37. The molecule has 0 aromatic carbocycles. The number of rotatable bonds is 17. The maximum absolute atomic E-state index is 12.6. The Hall–Kier alpha value is -1.64. The highest BCUT2D eigenvalue weighted by atomic mass is 127. The van der Waals surface area contributed by atoms with E-state index in [-0.39, 0.29) is 22.2 Å². The van der Waals surface area contributed by atoms with Crippen molar-refractivity contribution in [3.05, 3.63) is 57.4 Å². The summed E-state index contributed by atoms with van der Waals surface area (Å²) in [6.45, 7) is 32.9. The fraction of sp³-hybridized carbons (Fsp3) is 0.667. The lowest BCUT2D eigenvalue weighted by Crippen LogP contribution is -2.41.